The third-order valence-corrected chi connectivity index (χ3v) is 8.76. The van der Waals surface area contributed by atoms with E-state index in [0.29, 0.717) is 36.8 Å². The second-order valence-electron chi connectivity index (χ2n) is 11.0. The van der Waals surface area contributed by atoms with Crippen molar-refractivity contribution in [3.05, 3.63) is 76.7 Å². The fourth-order valence-corrected chi connectivity index (χ4v) is 4.78. The van der Waals surface area contributed by atoms with Crippen molar-refractivity contribution in [3.63, 3.8) is 0 Å². The number of carbonyl (C=O) groups excluding carboxylic acids is 2. The molecule has 2 aromatic heterocycles. The number of anilines is 1. The maximum absolute atomic E-state index is 13.7. The summed E-state index contributed by atoms with van der Waals surface area (Å²) in [4.78, 5) is 32.9. The molecule has 3 heterocycles. The molecule has 1 aliphatic heterocycles. The van der Waals surface area contributed by atoms with Crippen molar-refractivity contribution in [1.29, 1.82) is 0 Å². The van der Waals surface area contributed by atoms with E-state index in [1.165, 1.54) is 56.3 Å². The molecule has 4 rings (SSSR count). The Kier molecular flexibility index (Phi) is 9.67. The van der Waals surface area contributed by atoms with E-state index in [9.17, 15) is 31.2 Å². The van der Waals surface area contributed by atoms with Gasteiger partial charge >= 0.3 is 6.18 Å². The number of pyridine rings is 1. The zero-order chi connectivity index (χ0) is 33.0. The quantitative estimate of drug-likeness (QED) is 0.400. The number of hydrogen-bond donors (Lipinski definition) is 1. The van der Waals surface area contributed by atoms with Gasteiger partial charge in [0.05, 0.1) is 23.1 Å². The van der Waals surface area contributed by atoms with E-state index in [2.05, 4.69) is 27.0 Å². The fourth-order valence-electron chi connectivity index (χ4n) is 4.13. The summed E-state index contributed by atoms with van der Waals surface area (Å²) in [5, 5.41) is 7.86. The summed E-state index contributed by atoms with van der Waals surface area (Å²) < 4.78 is 71.9. The molecule has 0 aliphatic carbocycles. The molecule has 238 valence electrons. The summed E-state index contributed by atoms with van der Waals surface area (Å²) in [6, 6.07) is 7.48. The number of ether oxygens (including phenoxy) is 1. The van der Waals surface area contributed by atoms with Crippen LogP contribution in [0.25, 0.3) is 0 Å². The number of sulfonamides is 1. The highest BCUT2D eigenvalue weighted by atomic mass is 32.2. The molecule has 45 heavy (non-hydrogen) atoms. The average molecular weight is 645 g/mol. The molecular weight excluding hydrogens is 613 g/mol. The van der Waals surface area contributed by atoms with Crippen LogP contribution in [0.1, 0.15) is 65.2 Å². The number of nitrogens with one attached hydrogen (secondary N) is 1. The first-order valence-corrected chi connectivity index (χ1v) is 15.3. The minimum absolute atomic E-state index is 0.0170. The van der Waals surface area contributed by atoms with Crippen LogP contribution in [0.3, 0.4) is 0 Å². The largest absolute Gasteiger partial charge is 0.492 e. The lowest BCUT2D eigenvalue weighted by atomic mass is 10.0. The van der Waals surface area contributed by atoms with Gasteiger partial charge < -0.3 is 14.5 Å². The maximum Gasteiger partial charge on any atom is 0.416 e. The van der Waals surface area contributed by atoms with Gasteiger partial charge in [0.2, 0.25) is 10.0 Å². The number of piperazine rings is 1. The van der Waals surface area contributed by atoms with Crippen molar-refractivity contribution in [3.8, 4) is 17.6 Å². The van der Waals surface area contributed by atoms with E-state index in [1.54, 1.807) is 17.9 Å². The van der Waals surface area contributed by atoms with Crippen LogP contribution >= 0.6 is 0 Å². The van der Waals surface area contributed by atoms with Crippen molar-refractivity contribution in [2.75, 3.05) is 37.7 Å². The van der Waals surface area contributed by atoms with Crippen LogP contribution in [0.2, 0.25) is 0 Å². The lowest BCUT2D eigenvalue weighted by Gasteiger charge is -2.35. The Balaban J connectivity index is 1.45. The predicted octanol–water partition coefficient (Wildman–Crippen LogP) is 3.51. The van der Waals surface area contributed by atoms with Crippen LogP contribution < -0.4 is 14.4 Å². The van der Waals surface area contributed by atoms with Crippen LogP contribution in [0.15, 0.2) is 48.8 Å². The Labute approximate surface area is 258 Å². The predicted molar refractivity (Wildman–Crippen MR) is 159 cm³/mol. The molecule has 0 unspecified atom stereocenters. The van der Waals surface area contributed by atoms with Gasteiger partial charge in [0.1, 0.15) is 5.75 Å². The molecule has 15 heteroatoms. The van der Waals surface area contributed by atoms with Crippen LogP contribution in [0.5, 0.6) is 5.75 Å². The van der Waals surface area contributed by atoms with Gasteiger partial charge in [0.25, 0.3) is 11.8 Å². The van der Waals surface area contributed by atoms with Crippen molar-refractivity contribution in [1.82, 2.24) is 24.8 Å². The molecule has 3 aromatic rings. The number of aromatic nitrogens is 3. The van der Waals surface area contributed by atoms with Gasteiger partial charge in [-0.1, -0.05) is 11.8 Å². The minimum atomic E-state index is -4.69. The zero-order valence-electron chi connectivity index (χ0n) is 25.0. The Bertz CT molecular complexity index is 1740. The minimum Gasteiger partial charge on any atom is -0.492 e. The molecule has 0 saturated carbocycles. The smallest absolute Gasteiger partial charge is 0.416 e. The van der Waals surface area contributed by atoms with Gasteiger partial charge in [-0.3, -0.25) is 14.6 Å². The molecule has 0 bridgehead atoms. The van der Waals surface area contributed by atoms with Gasteiger partial charge in [-0.15, -0.1) is 10.2 Å². The topological polar surface area (TPSA) is 135 Å². The number of nitrogens with zero attached hydrogens (tertiary/aromatic N) is 5. The van der Waals surface area contributed by atoms with Gasteiger partial charge in [-0.05, 0) is 64.1 Å². The van der Waals surface area contributed by atoms with Crippen molar-refractivity contribution >= 4 is 27.7 Å². The summed E-state index contributed by atoms with van der Waals surface area (Å²) in [6.45, 7) is 7.51. The summed E-state index contributed by atoms with van der Waals surface area (Å²) in [6.07, 6.45) is -1.74. The SMILES string of the molecule is CCOc1cncc(C#Cc2cc(C(=O)N3CCN(c4ccc(C(=O)NS(=O)(=O)C(C)(C)C)nn4)CC3)cc(C(F)(F)F)c2)c1. The number of alkyl halides is 3. The molecule has 0 atom stereocenters. The van der Waals surface area contributed by atoms with Crippen LogP contribution in [0, 0.1) is 11.8 Å². The van der Waals surface area contributed by atoms with Gasteiger partial charge in [0.15, 0.2) is 11.5 Å². The first kappa shape index (κ1) is 33.2. The molecule has 11 nitrogen and oxygen atoms in total. The lowest BCUT2D eigenvalue weighted by molar-refractivity contribution is -0.137. The maximum atomic E-state index is 13.7. The first-order chi connectivity index (χ1) is 21.1. The second kappa shape index (κ2) is 13.1. The van der Waals surface area contributed by atoms with E-state index in [4.69, 9.17) is 4.74 Å². The standard InChI is InChI=1S/C30H31F3N6O5S/c1-5-44-24-16-21(18-34-19-24)7-6-20-14-22(17-23(15-20)30(31,32)33)28(41)39-12-10-38(11-13-39)26-9-8-25(35-36-26)27(40)37-45(42,43)29(2,3)4/h8-9,14-19H,5,10-13H2,1-4H3,(H,37,40). The second-order valence-corrected chi connectivity index (χ2v) is 13.4. The summed E-state index contributed by atoms with van der Waals surface area (Å²) >= 11 is 0. The number of benzene rings is 1. The summed E-state index contributed by atoms with van der Waals surface area (Å²) in [7, 11) is -3.94. The Morgan fingerprint density at radius 2 is 1.64 bits per heavy atom. The fraction of sp³-hybridized carbons (Fsp3) is 0.367. The normalized spacial score (nSPS) is 13.9. The van der Waals surface area contributed by atoms with Gasteiger partial charge in [-0.2, -0.15) is 13.2 Å². The lowest BCUT2D eigenvalue weighted by Crippen LogP contribution is -2.49. The monoisotopic (exact) mass is 644 g/mol. The molecule has 2 amide bonds. The Morgan fingerprint density at radius 1 is 0.956 bits per heavy atom. The number of carbonyl (C=O) groups is 2. The highest BCUT2D eigenvalue weighted by molar-refractivity contribution is 7.91. The third kappa shape index (κ3) is 8.27. The highest BCUT2D eigenvalue weighted by Crippen LogP contribution is 2.31. The van der Waals surface area contributed by atoms with Crippen molar-refractivity contribution in [2.45, 2.75) is 38.6 Å². The highest BCUT2D eigenvalue weighted by Gasteiger charge is 2.33. The molecule has 1 saturated heterocycles. The average Bonchev–Trinajstić information content (AvgIpc) is 2.99. The zero-order valence-corrected chi connectivity index (χ0v) is 25.8. The molecule has 0 radical (unpaired) electrons. The number of halogens is 3. The molecule has 1 aliphatic rings. The van der Waals surface area contributed by atoms with Gasteiger partial charge in [0, 0.05) is 49.1 Å². The van der Waals surface area contributed by atoms with E-state index < -0.39 is 38.3 Å². The van der Waals surface area contributed by atoms with E-state index in [-0.39, 0.29) is 29.9 Å². The van der Waals surface area contributed by atoms with Crippen molar-refractivity contribution in [2.24, 2.45) is 0 Å². The van der Waals surface area contributed by atoms with E-state index in [1.807, 2.05) is 4.72 Å². The molecule has 1 fully saturated rings. The van der Waals surface area contributed by atoms with E-state index in [0.717, 1.165) is 12.1 Å². The molecular formula is C30H31F3N6O5S. The van der Waals surface area contributed by atoms with Crippen molar-refractivity contribution < 1.29 is 35.9 Å². The Hall–Kier alpha value is -4.71. The van der Waals surface area contributed by atoms with Crippen LogP contribution in [-0.2, 0) is 16.2 Å². The number of amides is 2. The summed E-state index contributed by atoms with van der Waals surface area (Å²) in [5.74, 6) is 4.84. The number of hydrogen-bond acceptors (Lipinski definition) is 9. The molecule has 1 N–H and O–H groups in total. The molecule has 0 spiro atoms. The Morgan fingerprint density at radius 3 is 2.24 bits per heavy atom. The van der Waals surface area contributed by atoms with E-state index >= 15 is 0 Å². The summed E-state index contributed by atoms with van der Waals surface area (Å²) in [5.41, 5.74) is -0.879. The third-order valence-electron chi connectivity index (χ3n) is 6.69. The van der Waals surface area contributed by atoms with Crippen LogP contribution in [-0.4, -0.2) is 77.8 Å². The van der Waals surface area contributed by atoms with Crippen LogP contribution in [0.4, 0.5) is 19.0 Å². The molecule has 1 aromatic carbocycles. The number of rotatable bonds is 6. The first-order valence-electron chi connectivity index (χ1n) is 13.8. The van der Waals surface area contributed by atoms with Gasteiger partial charge in [-0.25, -0.2) is 13.1 Å².